The summed E-state index contributed by atoms with van der Waals surface area (Å²) >= 11 is 5.10. The van der Waals surface area contributed by atoms with Gasteiger partial charge in [-0.25, -0.2) is 4.79 Å². The predicted octanol–water partition coefficient (Wildman–Crippen LogP) is 1.35. The molecule has 1 aromatic carbocycles. The fourth-order valence-electron chi connectivity index (χ4n) is 2.12. The minimum atomic E-state index is -0.487. The molecule has 1 aliphatic heterocycles. The lowest BCUT2D eigenvalue weighted by Crippen LogP contribution is -2.45. The fraction of sp³-hybridized carbons (Fsp3) is 0.231. The molecular weight excluding hydrogens is 294 g/mol. The van der Waals surface area contributed by atoms with Crippen LogP contribution in [0.5, 0.6) is 0 Å². The summed E-state index contributed by atoms with van der Waals surface area (Å²) < 4.78 is 4.79. The number of esters is 1. The lowest BCUT2D eigenvalue weighted by molar-refractivity contribution is -0.136. The molecule has 0 saturated carbocycles. The van der Waals surface area contributed by atoms with E-state index in [1.54, 1.807) is 19.1 Å². The first kappa shape index (κ1) is 15.2. The van der Waals surface area contributed by atoms with Crippen molar-refractivity contribution in [1.29, 1.82) is 0 Å². The van der Waals surface area contributed by atoms with Crippen molar-refractivity contribution in [3.05, 3.63) is 46.3 Å². The second-order valence-corrected chi connectivity index (χ2v) is 4.83. The molecule has 0 radical (unpaired) electrons. The highest BCUT2D eigenvalue weighted by molar-refractivity contribution is 7.80. The summed E-state index contributed by atoms with van der Waals surface area (Å²) in [4.78, 5) is 11.9. The van der Waals surface area contributed by atoms with Crippen LogP contribution >= 0.6 is 12.2 Å². The zero-order chi connectivity index (χ0) is 15.6. The van der Waals surface area contributed by atoms with Gasteiger partial charge in [-0.15, -0.1) is 0 Å². The van der Waals surface area contributed by atoms with Crippen LogP contribution in [0.3, 0.4) is 0 Å². The van der Waals surface area contributed by atoms with E-state index in [0.29, 0.717) is 21.9 Å². The first-order valence-electron chi connectivity index (χ1n) is 6.06. The summed E-state index contributed by atoms with van der Waals surface area (Å²) in [5.41, 5.74) is 1.81. The minimum absolute atomic E-state index is 0.0931. The van der Waals surface area contributed by atoms with Crippen LogP contribution in [-0.4, -0.2) is 23.4 Å². The van der Waals surface area contributed by atoms with Crippen LogP contribution in [0.1, 0.15) is 18.5 Å². The summed E-state index contributed by atoms with van der Waals surface area (Å²) in [6.45, 7) is 1.73. The highest BCUT2D eigenvalue weighted by Crippen LogP contribution is 2.28. The van der Waals surface area contributed by atoms with Crippen molar-refractivity contribution < 1.29 is 14.7 Å². The molecule has 112 valence electrons. The summed E-state index contributed by atoms with van der Waals surface area (Å²) in [5, 5.41) is 25.7. The Labute approximate surface area is 126 Å². The zero-order valence-electron chi connectivity index (χ0n) is 11.4. The van der Waals surface area contributed by atoms with Crippen molar-refractivity contribution in [1.82, 2.24) is 10.6 Å². The van der Waals surface area contributed by atoms with Gasteiger partial charge in [-0.3, -0.25) is 5.21 Å². The quantitative estimate of drug-likeness (QED) is 0.437. The first-order valence-corrected chi connectivity index (χ1v) is 6.47. The number of ether oxygens (including phenoxy) is 1. The average molecular weight is 308 g/mol. The molecule has 1 aromatic rings. The molecular formula is C13H14N3O4S-. The van der Waals surface area contributed by atoms with E-state index >= 15 is 0 Å². The van der Waals surface area contributed by atoms with E-state index in [9.17, 15) is 10.0 Å². The predicted molar refractivity (Wildman–Crippen MR) is 80.4 cm³/mol. The number of nitrogens with zero attached hydrogens (tertiary/aromatic N) is 1. The van der Waals surface area contributed by atoms with Gasteiger partial charge in [0, 0.05) is 5.70 Å². The third kappa shape index (κ3) is 3.13. The van der Waals surface area contributed by atoms with Gasteiger partial charge in [0.2, 0.25) is 0 Å². The van der Waals surface area contributed by atoms with Crippen LogP contribution in [0.25, 0.3) is 0 Å². The third-order valence-corrected chi connectivity index (χ3v) is 3.34. The number of carbonyl (C=O) groups is 1. The van der Waals surface area contributed by atoms with Gasteiger partial charge in [0.1, 0.15) is 0 Å². The van der Waals surface area contributed by atoms with Crippen LogP contribution in [0, 0.1) is 5.21 Å². The standard InChI is InChI=1S/C13H14N3O4S/c1-7-10(12(17)20-2)11(15-13(21)14-7)8-3-5-9(6-4-8)16(18)19/h3-6,11,18H,1-2H3,(H2,14,15,21)/q-1/t11-/m1/s1. The first-order chi connectivity index (χ1) is 9.93. The van der Waals surface area contributed by atoms with Gasteiger partial charge < -0.3 is 25.8 Å². The van der Waals surface area contributed by atoms with E-state index in [2.05, 4.69) is 10.6 Å². The Bertz CT molecular complexity index is 598. The van der Waals surface area contributed by atoms with Crippen molar-refractivity contribution >= 4 is 29.0 Å². The molecule has 0 fully saturated rings. The molecule has 8 heteroatoms. The van der Waals surface area contributed by atoms with E-state index < -0.39 is 12.0 Å². The van der Waals surface area contributed by atoms with Gasteiger partial charge in [-0.05, 0) is 36.8 Å². The number of carbonyl (C=O) groups excluding carboxylic acids is 1. The number of rotatable bonds is 3. The number of methoxy groups -OCH3 is 1. The highest BCUT2D eigenvalue weighted by Gasteiger charge is 2.30. The SMILES string of the molecule is COC(=O)C1=C(C)NC(=S)N[C@@H]1c1ccc(N([O-])O)cc1. The van der Waals surface area contributed by atoms with Crippen LogP contribution in [0.15, 0.2) is 35.5 Å². The smallest absolute Gasteiger partial charge is 0.337 e. The normalized spacial score (nSPS) is 17.9. The third-order valence-electron chi connectivity index (χ3n) is 3.12. The number of hydrogen-bond donors (Lipinski definition) is 3. The van der Waals surface area contributed by atoms with Gasteiger partial charge in [0.25, 0.3) is 0 Å². The molecule has 21 heavy (non-hydrogen) atoms. The van der Waals surface area contributed by atoms with Gasteiger partial charge in [0.15, 0.2) is 5.11 Å². The van der Waals surface area contributed by atoms with Crippen molar-refractivity contribution in [2.75, 3.05) is 12.3 Å². The number of benzene rings is 1. The Kier molecular flexibility index (Phi) is 4.41. The minimum Gasteiger partial charge on any atom is -0.733 e. The maximum atomic E-state index is 11.9. The van der Waals surface area contributed by atoms with Crippen LogP contribution < -0.4 is 15.9 Å². The Morgan fingerprint density at radius 1 is 1.43 bits per heavy atom. The molecule has 0 saturated heterocycles. The van der Waals surface area contributed by atoms with Crippen LogP contribution in [0.4, 0.5) is 5.69 Å². The van der Waals surface area contributed by atoms with E-state index in [-0.39, 0.29) is 10.9 Å². The maximum Gasteiger partial charge on any atom is 0.337 e. The number of hydrogen-bond acceptors (Lipinski definition) is 6. The summed E-state index contributed by atoms with van der Waals surface area (Å²) in [6.07, 6.45) is 0. The van der Waals surface area contributed by atoms with Gasteiger partial charge >= 0.3 is 5.97 Å². The average Bonchev–Trinajstić information content (AvgIpc) is 2.45. The molecule has 0 aliphatic carbocycles. The highest BCUT2D eigenvalue weighted by atomic mass is 32.1. The molecule has 0 unspecified atom stereocenters. The summed E-state index contributed by atoms with van der Waals surface area (Å²) in [6, 6.07) is 5.65. The van der Waals surface area contributed by atoms with Crippen molar-refractivity contribution in [2.45, 2.75) is 13.0 Å². The van der Waals surface area contributed by atoms with Crippen molar-refractivity contribution in [3.8, 4) is 0 Å². The van der Waals surface area contributed by atoms with Crippen LogP contribution in [0.2, 0.25) is 0 Å². The molecule has 1 heterocycles. The van der Waals surface area contributed by atoms with Gasteiger partial charge in [-0.1, -0.05) is 12.1 Å². The van der Waals surface area contributed by atoms with E-state index in [1.165, 1.54) is 19.2 Å². The zero-order valence-corrected chi connectivity index (χ0v) is 12.2. The molecule has 0 amide bonds. The number of nitrogens with one attached hydrogen (secondary N) is 2. The topological polar surface area (TPSA) is 96.9 Å². The van der Waals surface area contributed by atoms with Crippen LogP contribution in [-0.2, 0) is 9.53 Å². The molecule has 0 bridgehead atoms. The van der Waals surface area contributed by atoms with Crippen molar-refractivity contribution in [2.24, 2.45) is 0 Å². The maximum absolute atomic E-state index is 11.9. The van der Waals surface area contributed by atoms with Crippen molar-refractivity contribution in [3.63, 3.8) is 0 Å². The largest absolute Gasteiger partial charge is 0.733 e. The Hall–Kier alpha value is -2.16. The monoisotopic (exact) mass is 308 g/mol. The number of allylic oxidation sites excluding steroid dienone is 1. The molecule has 1 aliphatic rings. The second kappa shape index (κ2) is 6.08. The number of thiocarbonyl (C=S) groups is 1. The molecule has 0 aromatic heterocycles. The summed E-state index contributed by atoms with van der Waals surface area (Å²) in [5.74, 6) is -0.475. The Balaban J connectivity index is 2.41. The second-order valence-electron chi connectivity index (χ2n) is 4.43. The Morgan fingerprint density at radius 2 is 2.05 bits per heavy atom. The van der Waals surface area contributed by atoms with Gasteiger partial charge in [0.05, 0.1) is 24.4 Å². The molecule has 0 spiro atoms. The number of anilines is 1. The Morgan fingerprint density at radius 3 is 2.57 bits per heavy atom. The lowest BCUT2D eigenvalue weighted by atomic mass is 9.95. The lowest BCUT2D eigenvalue weighted by Gasteiger charge is -2.30. The van der Waals surface area contributed by atoms with E-state index in [4.69, 9.17) is 22.2 Å². The molecule has 1 atom stereocenters. The van der Waals surface area contributed by atoms with Gasteiger partial charge in [-0.2, -0.15) is 0 Å². The molecule has 3 N–H and O–H groups in total. The molecule has 7 nitrogen and oxygen atoms in total. The fourth-order valence-corrected chi connectivity index (χ4v) is 2.39. The van der Waals surface area contributed by atoms with E-state index in [0.717, 1.165) is 0 Å². The summed E-state index contributed by atoms with van der Waals surface area (Å²) in [7, 11) is 1.30. The molecule has 2 rings (SSSR count). The van der Waals surface area contributed by atoms with E-state index in [1.807, 2.05) is 0 Å².